The molecule has 0 nitrogen and oxygen atoms in total. The molecule has 0 aliphatic heterocycles. The van der Waals surface area contributed by atoms with E-state index in [9.17, 15) is 0 Å². The van der Waals surface area contributed by atoms with Crippen LogP contribution < -0.4 is 0 Å². The fourth-order valence-corrected chi connectivity index (χ4v) is 2.55. The van der Waals surface area contributed by atoms with Gasteiger partial charge in [0, 0.05) is 0 Å². The molecule has 1 aliphatic carbocycles. The van der Waals surface area contributed by atoms with Gasteiger partial charge in [-0.25, -0.2) is 0 Å². The minimum Gasteiger partial charge on any atom is -0.0651 e. The number of fused-ring (bicyclic) bond motifs is 1. The van der Waals surface area contributed by atoms with Gasteiger partial charge in [-0.15, -0.1) is 0 Å². The molecule has 1 saturated carbocycles. The lowest BCUT2D eigenvalue weighted by Crippen LogP contribution is -1.83. The van der Waals surface area contributed by atoms with Gasteiger partial charge in [-0.1, -0.05) is 55.8 Å². The highest BCUT2D eigenvalue weighted by molar-refractivity contribution is 5.83. The zero-order valence-electron chi connectivity index (χ0n) is 9.11. The Morgan fingerprint density at radius 2 is 1.87 bits per heavy atom. The summed E-state index contributed by atoms with van der Waals surface area (Å²) in [5, 5.41) is 2.74. The molecule has 0 aromatic heterocycles. The molecule has 2 aromatic rings. The second kappa shape index (κ2) is 3.37. The van der Waals surface area contributed by atoms with Crippen LogP contribution in [0.4, 0.5) is 0 Å². The van der Waals surface area contributed by atoms with Crippen LogP contribution in [-0.4, -0.2) is 0 Å². The first-order valence-corrected chi connectivity index (χ1v) is 5.87. The Morgan fingerprint density at radius 3 is 2.60 bits per heavy atom. The van der Waals surface area contributed by atoms with E-state index in [2.05, 4.69) is 49.4 Å². The number of rotatable bonds is 2. The number of hydrogen-bond acceptors (Lipinski definition) is 0. The van der Waals surface area contributed by atoms with Crippen LogP contribution in [0.25, 0.3) is 10.8 Å². The molecule has 0 N–H and O–H groups in total. The van der Waals surface area contributed by atoms with Gasteiger partial charge in [0.1, 0.15) is 0 Å². The van der Waals surface area contributed by atoms with Crippen molar-refractivity contribution in [3.63, 3.8) is 0 Å². The molecule has 0 heterocycles. The zero-order chi connectivity index (χ0) is 10.3. The van der Waals surface area contributed by atoms with Crippen molar-refractivity contribution in [2.45, 2.75) is 25.7 Å². The summed E-state index contributed by atoms with van der Waals surface area (Å²) < 4.78 is 0. The van der Waals surface area contributed by atoms with Gasteiger partial charge in [-0.2, -0.15) is 0 Å². The van der Waals surface area contributed by atoms with E-state index in [1.54, 1.807) is 5.56 Å². The van der Waals surface area contributed by atoms with E-state index in [0.29, 0.717) is 0 Å². The zero-order valence-corrected chi connectivity index (χ0v) is 9.11. The molecule has 0 bridgehead atoms. The minimum atomic E-state index is 0.847. The maximum absolute atomic E-state index is 2.37. The van der Waals surface area contributed by atoms with Crippen molar-refractivity contribution in [3.05, 3.63) is 48.0 Å². The Labute approximate surface area is 90.9 Å². The third-order valence-corrected chi connectivity index (χ3v) is 3.65. The summed E-state index contributed by atoms with van der Waals surface area (Å²) in [5.74, 6) is 1.80. The fraction of sp³-hybridized carbons (Fsp3) is 0.333. The maximum Gasteiger partial charge on any atom is -0.0130 e. The normalized spacial score (nSPS) is 24.3. The summed E-state index contributed by atoms with van der Waals surface area (Å²) in [6.07, 6.45) is 2.73. The Morgan fingerprint density at radius 1 is 1.07 bits per heavy atom. The first-order valence-electron chi connectivity index (χ1n) is 5.87. The van der Waals surface area contributed by atoms with Crippen LogP contribution in [0, 0.1) is 5.92 Å². The molecule has 0 saturated heterocycles. The quantitative estimate of drug-likeness (QED) is 0.669. The second-order valence-corrected chi connectivity index (χ2v) is 4.62. The third kappa shape index (κ3) is 1.54. The molecule has 76 valence electrons. The van der Waals surface area contributed by atoms with Gasteiger partial charge >= 0.3 is 0 Å². The topological polar surface area (TPSA) is 0 Å². The van der Waals surface area contributed by atoms with E-state index >= 15 is 0 Å². The molecule has 0 heteroatoms. The number of benzene rings is 2. The molecule has 3 rings (SSSR count). The first kappa shape index (κ1) is 8.96. The Bertz CT molecular complexity index is 484. The van der Waals surface area contributed by atoms with Crippen LogP contribution in [0.2, 0.25) is 0 Å². The van der Waals surface area contributed by atoms with Crippen LogP contribution in [-0.2, 0) is 0 Å². The van der Waals surface area contributed by atoms with E-state index in [-0.39, 0.29) is 0 Å². The van der Waals surface area contributed by atoms with Gasteiger partial charge in [0.25, 0.3) is 0 Å². The van der Waals surface area contributed by atoms with Crippen molar-refractivity contribution >= 4 is 10.8 Å². The van der Waals surface area contributed by atoms with Crippen molar-refractivity contribution in [2.75, 3.05) is 0 Å². The smallest absolute Gasteiger partial charge is 0.0130 e. The van der Waals surface area contributed by atoms with Gasteiger partial charge in [0.2, 0.25) is 0 Å². The Kier molecular flexibility index (Phi) is 2.02. The predicted octanol–water partition coefficient (Wildman–Crippen LogP) is 4.35. The van der Waals surface area contributed by atoms with Crippen molar-refractivity contribution in [1.82, 2.24) is 0 Å². The lowest BCUT2D eigenvalue weighted by molar-refractivity contribution is 0.766. The fourth-order valence-electron chi connectivity index (χ4n) is 2.55. The molecular weight excluding hydrogens is 180 g/mol. The van der Waals surface area contributed by atoms with E-state index in [0.717, 1.165) is 11.8 Å². The summed E-state index contributed by atoms with van der Waals surface area (Å²) in [5.41, 5.74) is 1.54. The molecule has 2 unspecified atom stereocenters. The Hall–Kier alpha value is -1.30. The molecule has 2 aromatic carbocycles. The van der Waals surface area contributed by atoms with Crippen molar-refractivity contribution < 1.29 is 0 Å². The van der Waals surface area contributed by atoms with Crippen LogP contribution in [0.3, 0.4) is 0 Å². The molecule has 0 spiro atoms. The number of hydrogen-bond donors (Lipinski definition) is 0. The summed E-state index contributed by atoms with van der Waals surface area (Å²) in [6.45, 7) is 2.30. The average molecular weight is 196 g/mol. The van der Waals surface area contributed by atoms with E-state index < -0.39 is 0 Å². The van der Waals surface area contributed by atoms with E-state index in [4.69, 9.17) is 0 Å². The van der Waals surface area contributed by atoms with Crippen molar-refractivity contribution in [2.24, 2.45) is 5.92 Å². The van der Waals surface area contributed by atoms with Gasteiger partial charge < -0.3 is 0 Å². The van der Waals surface area contributed by atoms with Crippen molar-refractivity contribution in [1.29, 1.82) is 0 Å². The Balaban J connectivity index is 2.00. The molecular formula is C15H16. The van der Waals surface area contributed by atoms with Crippen LogP contribution in [0.1, 0.15) is 31.2 Å². The molecule has 2 atom stereocenters. The van der Waals surface area contributed by atoms with Crippen LogP contribution in [0.15, 0.2) is 42.5 Å². The van der Waals surface area contributed by atoms with Gasteiger partial charge in [-0.3, -0.25) is 0 Å². The highest BCUT2D eigenvalue weighted by Crippen LogP contribution is 2.49. The molecule has 1 fully saturated rings. The molecule has 0 radical (unpaired) electrons. The second-order valence-electron chi connectivity index (χ2n) is 4.62. The monoisotopic (exact) mass is 196 g/mol. The highest BCUT2D eigenvalue weighted by Gasteiger charge is 2.36. The summed E-state index contributed by atoms with van der Waals surface area (Å²) in [6, 6.07) is 15.6. The summed E-state index contributed by atoms with van der Waals surface area (Å²) in [7, 11) is 0. The van der Waals surface area contributed by atoms with Crippen molar-refractivity contribution in [3.8, 4) is 0 Å². The van der Waals surface area contributed by atoms with E-state index in [1.165, 1.54) is 23.6 Å². The summed E-state index contributed by atoms with van der Waals surface area (Å²) in [4.78, 5) is 0. The van der Waals surface area contributed by atoms with Gasteiger partial charge in [0.05, 0.1) is 0 Å². The SMILES string of the molecule is CCC1CC1c1ccc2ccccc2c1. The molecule has 0 amide bonds. The largest absolute Gasteiger partial charge is 0.0651 e. The minimum absolute atomic E-state index is 0.847. The lowest BCUT2D eigenvalue weighted by atomic mass is 10.0. The third-order valence-electron chi connectivity index (χ3n) is 3.65. The summed E-state index contributed by atoms with van der Waals surface area (Å²) >= 11 is 0. The van der Waals surface area contributed by atoms with Crippen LogP contribution >= 0.6 is 0 Å². The predicted molar refractivity (Wildman–Crippen MR) is 65.1 cm³/mol. The average Bonchev–Trinajstić information content (AvgIpc) is 3.08. The van der Waals surface area contributed by atoms with E-state index in [1.807, 2.05) is 0 Å². The van der Waals surface area contributed by atoms with Crippen LogP contribution in [0.5, 0.6) is 0 Å². The molecule has 1 aliphatic rings. The van der Waals surface area contributed by atoms with Gasteiger partial charge in [-0.05, 0) is 34.6 Å². The lowest BCUT2D eigenvalue weighted by Gasteiger charge is -2.02. The first-order chi connectivity index (χ1) is 7.38. The standard InChI is InChI=1S/C15H16/c1-2-11-10-15(11)14-8-7-12-5-3-4-6-13(12)9-14/h3-9,11,15H,2,10H2,1H3. The molecule has 15 heavy (non-hydrogen) atoms. The maximum atomic E-state index is 2.37. The van der Waals surface area contributed by atoms with Gasteiger partial charge in [0.15, 0.2) is 0 Å². The highest BCUT2D eigenvalue weighted by atomic mass is 14.4.